The normalized spacial score (nSPS) is 33.3. The van der Waals surface area contributed by atoms with Gasteiger partial charge in [-0.05, 0) is 42.7 Å². The van der Waals surface area contributed by atoms with Crippen LogP contribution in [0.4, 0.5) is 0 Å². The standard InChI is InChI=1S/C21H26N2O5/c1-27-18-4-2-3-12-7-13(11-28-20(12)18)21(26)22-8-14-15(9-22)17-6-5-16(14)23(17)10-19(24)25/h2-4,13-17H,5-11H2,1H3,(H,24,25)/t13?,14-,15+,16-,17+. The van der Waals surface area contributed by atoms with E-state index in [-0.39, 0.29) is 18.4 Å². The number of aliphatic carboxylic acids is 1. The fraction of sp³-hybridized carbons (Fsp3) is 0.619. The van der Waals surface area contributed by atoms with E-state index in [1.165, 1.54) is 0 Å². The lowest BCUT2D eigenvalue weighted by atomic mass is 9.82. The van der Waals surface area contributed by atoms with Crippen molar-refractivity contribution < 1.29 is 24.2 Å². The van der Waals surface area contributed by atoms with Crippen LogP contribution in [-0.2, 0) is 16.0 Å². The van der Waals surface area contributed by atoms with E-state index >= 15 is 0 Å². The molecule has 1 amide bonds. The number of carboxylic acid groups (broad SMARTS) is 1. The van der Waals surface area contributed by atoms with Crippen LogP contribution in [0.25, 0.3) is 0 Å². The monoisotopic (exact) mass is 386 g/mol. The smallest absolute Gasteiger partial charge is 0.317 e. The highest BCUT2D eigenvalue weighted by molar-refractivity contribution is 5.80. The van der Waals surface area contributed by atoms with Gasteiger partial charge in [0.25, 0.3) is 0 Å². The van der Waals surface area contributed by atoms with E-state index < -0.39 is 5.97 Å². The molecule has 5 atom stereocenters. The predicted octanol–water partition coefficient (Wildman–Crippen LogP) is 1.25. The summed E-state index contributed by atoms with van der Waals surface area (Å²) in [5, 5.41) is 9.20. The molecule has 150 valence electrons. The van der Waals surface area contributed by atoms with Gasteiger partial charge in [0.1, 0.15) is 6.61 Å². The third-order valence-electron chi connectivity index (χ3n) is 7.17. The minimum absolute atomic E-state index is 0.130. The Morgan fingerprint density at radius 2 is 1.93 bits per heavy atom. The van der Waals surface area contributed by atoms with E-state index in [4.69, 9.17) is 9.47 Å². The molecule has 3 saturated heterocycles. The minimum Gasteiger partial charge on any atom is -0.493 e. The van der Waals surface area contributed by atoms with Crippen LogP contribution < -0.4 is 9.47 Å². The molecule has 0 aliphatic carbocycles. The average molecular weight is 386 g/mol. The molecule has 28 heavy (non-hydrogen) atoms. The van der Waals surface area contributed by atoms with Crippen molar-refractivity contribution in [2.24, 2.45) is 17.8 Å². The van der Waals surface area contributed by atoms with Crippen LogP contribution in [0.1, 0.15) is 18.4 Å². The van der Waals surface area contributed by atoms with Crippen molar-refractivity contribution in [3.8, 4) is 11.5 Å². The molecule has 1 N–H and O–H groups in total. The third kappa shape index (κ3) is 2.67. The van der Waals surface area contributed by atoms with Crippen molar-refractivity contribution in [1.82, 2.24) is 9.80 Å². The fourth-order valence-corrected chi connectivity index (χ4v) is 6.05. The number of hydrogen-bond donors (Lipinski definition) is 1. The summed E-state index contributed by atoms with van der Waals surface area (Å²) in [7, 11) is 1.63. The molecule has 0 aromatic heterocycles. The predicted molar refractivity (Wildman–Crippen MR) is 100 cm³/mol. The van der Waals surface area contributed by atoms with E-state index in [2.05, 4.69) is 4.90 Å². The van der Waals surface area contributed by atoms with Crippen molar-refractivity contribution in [1.29, 1.82) is 0 Å². The average Bonchev–Trinajstić information content (AvgIpc) is 3.37. The van der Waals surface area contributed by atoms with Crippen LogP contribution in [0, 0.1) is 17.8 Å². The van der Waals surface area contributed by atoms with Gasteiger partial charge in [-0.1, -0.05) is 12.1 Å². The van der Waals surface area contributed by atoms with Gasteiger partial charge in [0.05, 0.1) is 19.6 Å². The second-order valence-electron chi connectivity index (χ2n) is 8.51. The van der Waals surface area contributed by atoms with Crippen molar-refractivity contribution in [2.45, 2.75) is 31.3 Å². The molecule has 3 fully saturated rings. The van der Waals surface area contributed by atoms with Crippen LogP contribution >= 0.6 is 0 Å². The van der Waals surface area contributed by atoms with Crippen molar-refractivity contribution in [2.75, 3.05) is 33.4 Å². The van der Waals surface area contributed by atoms with Gasteiger partial charge in [0.2, 0.25) is 5.91 Å². The molecule has 4 heterocycles. The largest absolute Gasteiger partial charge is 0.493 e. The Kier molecular flexibility index (Phi) is 4.23. The lowest BCUT2D eigenvalue weighted by Crippen LogP contribution is -2.43. The zero-order valence-corrected chi connectivity index (χ0v) is 16.0. The summed E-state index contributed by atoms with van der Waals surface area (Å²) in [5.74, 6) is 1.57. The first-order chi connectivity index (χ1) is 13.6. The number of hydrogen-bond acceptors (Lipinski definition) is 5. The van der Waals surface area contributed by atoms with Crippen LogP contribution in [0.15, 0.2) is 18.2 Å². The number of nitrogens with zero attached hydrogens (tertiary/aromatic N) is 2. The summed E-state index contributed by atoms with van der Waals surface area (Å²) < 4.78 is 11.3. The van der Waals surface area contributed by atoms with Crippen molar-refractivity contribution in [3.63, 3.8) is 0 Å². The summed E-state index contributed by atoms with van der Waals surface area (Å²) in [5.41, 5.74) is 1.02. The molecular weight excluding hydrogens is 360 g/mol. The van der Waals surface area contributed by atoms with Gasteiger partial charge in [-0.3, -0.25) is 14.5 Å². The summed E-state index contributed by atoms with van der Waals surface area (Å²) in [6.07, 6.45) is 2.79. The maximum absolute atomic E-state index is 13.2. The van der Waals surface area contributed by atoms with Gasteiger partial charge in [0, 0.05) is 25.2 Å². The number of carbonyl (C=O) groups excluding carboxylic acids is 1. The van der Waals surface area contributed by atoms with E-state index in [9.17, 15) is 14.7 Å². The van der Waals surface area contributed by atoms with Crippen LogP contribution in [0.2, 0.25) is 0 Å². The van der Waals surface area contributed by atoms with Gasteiger partial charge >= 0.3 is 5.97 Å². The number of carboxylic acids is 1. The van der Waals surface area contributed by atoms with E-state index in [1.807, 2.05) is 23.1 Å². The fourth-order valence-electron chi connectivity index (χ4n) is 6.05. The van der Waals surface area contributed by atoms with Crippen molar-refractivity contribution >= 4 is 11.9 Å². The van der Waals surface area contributed by atoms with E-state index in [1.54, 1.807) is 7.11 Å². The number of ether oxygens (including phenoxy) is 2. The van der Waals surface area contributed by atoms with Crippen molar-refractivity contribution in [3.05, 3.63) is 23.8 Å². The molecule has 1 aromatic carbocycles. The highest BCUT2D eigenvalue weighted by atomic mass is 16.5. The van der Waals surface area contributed by atoms with Crippen LogP contribution in [-0.4, -0.2) is 72.2 Å². The Bertz CT molecular complexity index is 792. The Labute approximate surface area is 164 Å². The molecule has 0 saturated carbocycles. The number of amides is 1. The first-order valence-electron chi connectivity index (χ1n) is 10.1. The number of carbonyl (C=O) groups is 2. The molecule has 7 nitrogen and oxygen atoms in total. The molecule has 4 aliphatic heterocycles. The first kappa shape index (κ1) is 17.8. The third-order valence-corrected chi connectivity index (χ3v) is 7.17. The summed E-state index contributed by atoms with van der Waals surface area (Å²) in [6, 6.07) is 6.44. The molecule has 4 aliphatic rings. The molecule has 1 aromatic rings. The van der Waals surface area contributed by atoms with Gasteiger partial charge in [0.15, 0.2) is 11.5 Å². The van der Waals surface area contributed by atoms with Gasteiger partial charge in [-0.15, -0.1) is 0 Å². The molecule has 1 unspecified atom stereocenters. The Morgan fingerprint density at radius 3 is 2.57 bits per heavy atom. The number of methoxy groups -OCH3 is 1. The summed E-state index contributed by atoms with van der Waals surface area (Å²) in [6.45, 7) is 2.02. The second kappa shape index (κ2) is 6.65. The molecule has 7 heteroatoms. The quantitative estimate of drug-likeness (QED) is 0.839. The zero-order valence-electron chi connectivity index (χ0n) is 16.0. The Morgan fingerprint density at radius 1 is 1.21 bits per heavy atom. The van der Waals surface area contributed by atoms with Gasteiger partial charge < -0.3 is 19.5 Å². The summed E-state index contributed by atoms with van der Waals surface area (Å²) >= 11 is 0. The van der Waals surface area contributed by atoms with Gasteiger partial charge in [-0.2, -0.15) is 0 Å². The maximum atomic E-state index is 13.2. The molecule has 5 rings (SSSR count). The topological polar surface area (TPSA) is 79.3 Å². The molecule has 0 radical (unpaired) electrons. The van der Waals surface area contributed by atoms with E-state index in [0.29, 0.717) is 42.7 Å². The number of para-hydroxylation sites is 1. The number of benzene rings is 1. The second-order valence-corrected chi connectivity index (χ2v) is 8.51. The lowest BCUT2D eigenvalue weighted by Gasteiger charge is -2.30. The number of rotatable bonds is 4. The Hall–Kier alpha value is -2.28. The van der Waals surface area contributed by atoms with E-state index in [0.717, 1.165) is 37.2 Å². The molecule has 2 bridgehead atoms. The first-order valence-corrected chi connectivity index (χ1v) is 10.1. The SMILES string of the molecule is COc1cccc2c1OCC(C(=O)N1C[C@@H]3[C@H](C1)[C@@H]1CC[C@H]3N1CC(=O)O)C2. The number of likely N-dealkylation sites (tertiary alicyclic amines) is 1. The minimum atomic E-state index is -0.752. The van der Waals surface area contributed by atoms with Crippen LogP contribution in [0.5, 0.6) is 11.5 Å². The molecular formula is C21H26N2O5. The highest BCUT2D eigenvalue weighted by Gasteiger charge is 2.57. The highest BCUT2D eigenvalue weighted by Crippen LogP contribution is 2.49. The Balaban J connectivity index is 1.27. The maximum Gasteiger partial charge on any atom is 0.317 e. The summed E-state index contributed by atoms with van der Waals surface area (Å²) in [4.78, 5) is 28.6. The lowest BCUT2D eigenvalue weighted by molar-refractivity contribution is -0.140. The number of fused-ring (bicyclic) bond motifs is 6. The molecule has 0 spiro atoms. The van der Waals surface area contributed by atoms with Gasteiger partial charge in [-0.25, -0.2) is 0 Å². The zero-order chi connectivity index (χ0) is 19.4. The van der Waals surface area contributed by atoms with Crippen LogP contribution in [0.3, 0.4) is 0 Å².